The molecule has 0 radical (unpaired) electrons. The van der Waals surface area contributed by atoms with Gasteiger partial charge in [-0.2, -0.15) is 0 Å². The molecule has 1 aliphatic rings. The third kappa shape index (κ3) is 3.18. The lowest BCUT2D eigenvalue weighted by Gasteiger charge is -2.40. The average molecular weight is 302 g/mol. The summed E-state index contributed by atoms with van der Waals surface area (Å²) in [6, 6.07) is 13.6. The molecule has 0 spiro atoms. The van der Waals surface area contributed by atoms with Gasteiger partial charge in [-0.05, 0) is 42.3 Å². The number of nitrogens with one attached hydrogen (secondary N) is 1. The normalized spacial score (nSPS) is 19.5. The van der Waals surface area contributed by atoms with E-state index in [4.69, 9.17) is 0 Å². The predicted octanol–water partition coefficient (Wildman–Crippen LogP) is 3.35. The Morgan fingerprint density at radius 3 is 1.91 bits per heavy atom. The van der Waals surface area contributed by atoms with E-state index >= 15 is 0 Å². The van der Waals surface area contributed by atoms with Crippen LogP contribution in [0.3, 0.4) is 0 Å². The molecule has 22 heavy (non-hydrogen) atoms. The number of rotatable bonds is 3. The van der Waals surface area contributed by atoms with Gasteiger partial charge in [0.1, 0.15) is 11.6 Å². The Balaban J connectivity index is 2.01. The molecule has 1 aliphatic heterocycles. The number of benzene rings is 2. The van der Waals surface area contributed by atoms with Crippen LogP contribution in [0.2, 0.25) is 0 Å². The average Bonchev–Trinajstić information content (AvgIpc) is 2.53. The molecule has 0 saturated carbocycles. The molecule has 3 rings (SSSR count). The molecule has 0 aliphatic carbocycles. The highest BCUT2D eigenvalue weighted by molar-refractivity contribution is 5.32. The summed E-state index contributed by atoms with van der Waals surface area (Å²) in [6.07, 6.45) is 0. The SMILES string of the molecule is C[C@H]1CNCCN1C(c1ccc(F)cc1)c1ccc(F)cc1. The summed E-state index contributed by atoms with van der Waals surface area (Å²) in [5.74, 6) is -0.482. The summed E-state index contributed by atoms with van der Waals surface area (Å²) in [5.41, 5.74) is 2.06. The maximum Gasteiger partial charge on any atom is 0.123 e. The first-order valence-electron chi connectivity index (χ1n) is 7.62. The van der Waals surface area contributed by atoms with Crippen molar-refractivity contribution in [3.63, 3.8) is 0 Å². The standard InChI is InChI=1S/C18H20F2N2/c1-13-12-21-10-11-22(13)18(14-2-6-16(19)7-3-14)15-4-8-17(20)9-5-15/h2-9,13,18,21H,10-12H2,1H3/t13-/m0/s1. The van der Waals surface area contributed by atoms with Gasteiger partial charge in [0.2, 0.25) is 0 Å². The van der Waals surface area contributed by atoms with Gasteiger partial charge in [-0.15, -0.1) is 0 Å². The molecular weight excluding hydrogens is 282 g/mol. The minimum Gasteiger partial charge on any atom is -0.314 e. The van der Waals surface area contributed by atoms with E-state index in [0.29, 0.717) is 6.04 Å². The van der Waals surface area contributed by atoms with Gasteiger partial charge in [0.15, 0.2) is 0 Å². The first-order valence-corrected chi connectivity index (χ1v) is 7.62. The summed E-state index contributed by atoms with van der Waals surface area (Å²) in [5, 5.41) is 3.38. The predicted molar refractivity (Wildman–Crippen MR) is 83.7 cm³/mol. The number of hydrogen-bond acceptors (Lipinski definition) is 2. The van der Waals surface area contributed by atoms with Gasteiger partial charge >= 0.3 is 0 Å². The monoisotopic (exact) mass is 302 g/mol. The topological polar surface area (TPSA) is 15.3 Å². The minimum absolute atomic E-state index is 0.0123. The van der Waals surface area contributed by atoms with Crippen molar-refractivity contribution in [2.75, 3.05) is 19.6 Å². The van der Waals surface area contributed by atoms with Crippen molar-refractivity contribution in [2.24, 2.45) is 0 Å². The zero-order valence-electron chi connectivity index (χ0n) is 12.6. The summed E-state index contributed by atoms with van der Waals surface area (Å²) in [6.45, 7) is 4.91. The Morgan fingerprint density at radius 1 is 0.955 bits per heavy atom. The van der Waals surface area contributed by atoms with Crippen LogP contribution in [0.25, 0.3) is 0 Å². The molecule has 0 bridgehead atoms. The van der Waals surface area contributed by atoms with E-state index < -0.39 is 0 Å². The highest BCUT2D eigenvalue weighted by atomic mass is 19.1. The van der Waals surface area contributed by atoms with E-state index in [1.54, 1.807) is 0 Å². The van der Waals surface area contributed by atoms with Crippen LogP contribution in [0.15, 0.2) is 48.5 Å². The summed E-state index contributed by atoms with van der Waals surface area (Å²) in [7, 11) is 0. The number of nitrogens with zero attached hydrogens (tertiary/aromatic N) is 1. The molecule has 2 aromatic rings. The van der Waals surface area contributed by atoms with Crippen molar-refractivity contribution in [1.29, 1.82) is 0 Å². The largest absolute Gasteiger partial charge is 0.314 e. The van der Waals surface area contributed by atoms with Gasteiger partial charge in [-0.25, -0.2) is 8.78 Å². The second kappa shape index (κ2) is 6.55. The molecule has 1 saturated heterocycles. The molecule has 116 valence electrons. The highest BCUT2D eigenvalue weighted by Crippen LogP contribution is 2.31. The van der Waals surface area contributed by atoms with E-state index in [1.165, 1.54) is 24.3 Å². The van der Waals surface area contributed by atoms with E-state index in [2.05, 4.69) is 17.1 Å². The summed E-state index contributed by atoms with van der Waals surface area (Å²) >= 11 is 0. The molecule has 2 nitrogen and oxygen atoms in total. The van der Waals surface area contributed by atoms with Crippen LogP contribution in [0.5, 0.6) is 0 Å². The highest BCUT2D eigenvalue weighted by Gasteiger charge is 2.28. The van der Waals surface area contributed by atoms with Gasteiger partial charge in [0.05, 0.1) is 6.04 Å². The Labute approximate surface area is 129 Å². The van der Waals surface area contributed by atoms with Crippen LogP contribution in [0.4, 0.5) is 8.78 Å². The fourth-order valence-electron chi connectivity index (χ4n) is 3.11. The fourth-order valence-corrected chi connectivity index (χ4v) is 3.11. The molecular formula is C18H20F2N2. The van der Waals surface area contributed by atoms with Crippen LogP contribution in [0.1, 0.15) is 24.1 Å². The Bertz CT molecular complexity index is 564. The third-order valence-electron chi connectivity index (χ3n) is 4.26. The Hall–Kier alpha value is -1.78. The third-order valence-corrected chi connectivity index (χ3v) is 4.26. The first-order chi connectivity index (χ1) is 10.6. The van der Waals surface area contributed by atoms with E-state index in [-0.39, 0.29) is 17.7 Å². The smallest absolute Gasteiger partial charge is 0.123 e. The number of halogens is 2. The van der Waals surface area contributed by atoms with E-state index in [1.807, 2.05) is 24.3 Å². The van der Waals surface area contributed by atoms with Crippen molar-refractivity contribution in [2.45, 2.75) is 19.0 Å². The zero-order valence-corrected chi connectivity index (χ0v) is 12.6. The second-order valence-corrected chi connectivity index (χ2v) is 5.80. The first kappa shape index (κ1) is 15.1. The Morgan fingerprint density at radius 2 is 1.45 bits per heavy atom. The molecule has 0 amide bonds. The van der Waals surface area contributed by atoms with Crippen molar-refractivity contribution in [1.82, 2.24) is 10.2 Å². The van der Waals surface area contributed by atoms with E-state index in [9.17, 15) is 8.78 Å². The fraction of sp³-hybridized carbons (Fsp3) is 0.333. The molecule has 1 atom stereocenters. The lowest BCUT2D eigenvalue weighted by molar-refractivity contribution is 0.136. The molecule has 1 fully saturated rings. The van der Waals surface area contributed by atoms with Gasteiger partial charge in [-0.3, -0.25) is 4.90 Å². The number of hydrogen-bond donors (Lipinski definition) is 1. The van der Waals surface area contributed by atoms with Crippen LogP contribution in [-0.4, -0.2) is 30.6 Å². The van der Waals surface area contributed by atoms with Gasteiger partial charge in [0.25, 0.3) is 0 Å². The second-order valence-electron chi connectivity index (χ2n) is 5.80. The molecule has 0 unspecified atom stereocenters. The maximum absolute atomic E-state index is 13.3. The summed E-state index contributed by atoms with van der Waals surface area (Å²) < 4.78 is 26.5. The van der Waals surface area contributed by atoms with Crippen molar-refractivity contribution in [3.8, 4) is 0 Å². The van der Waals surface area contributed by atoms with Crippen LogP contribution in [-0.2, 0) is 0 Å². The molecule has 1 N–H and O–H groups in total. The molecule has 2 aromatic carbocycles. The van der Waals surface area contributed by atoms with E-state index in [0.717, 1.165) is 30.8 Å². The molecule has 4 heteroatoms. The van der Waals surface area contributed by atoms with Gasteiger partial charge in [-0.1, -0.05) is 24.3 Å². The summed E-state index contributed by atoms with van der Waals surface area (Å²) in [4.78, 5) is 2.39. The molecule has 0 aromatic heterocycles. The van der Waals surface area contributed by atoms with Crippen molar-refractivity contribution < 1.29 is 8.78 Å². The van der Waals surface area contributed by atoms with Crippen molar-refractivity contribution >= 4 is 0 Å². The quantitative estimate of drug-likeness (QED) is 0.935. The van der Waals surface area contributed by atoms with Gasteiger partial charge in [0, 0.05) is 25.7 Å². The molecule has 1 heterocycles. The van der Waals surface area contributed by atoms with Crippen LogP contribution < -0.4 is 5.32 Å². The lowest BCUT2D eigenvalue weighted by Crippen LogP contribution is -2.51. The maximum atomic E-state index is 13.3. The zero-order chi connectivity index (χ0) is 15.5. The van der Waals surface area contributed by atoms with Crippen LogP contribution >= 0.6 is 0 Å². The van der Waals surface area contributed by atoms with Gasteiger partial charge < -0.3 is 5.32 Å². The number of piperazine rings is 1. The minimum atomic E-state index is -0.241. The van der Waals surface area contributed by atoms with Crippen molar-refractivity contribution in [3.05, 3.63) is 71.3 Å². The van der Waals surface area contributed by atoms with Crippen LogP contribution in [0, 0.1) is 11.6 Å². The lowest BCUT2D eigenvalue weighted by atomic mass is 9.95. The Kier molecular flexibility index (Phi) is 4.50.